The molecule has 0 aromatic heterocycles. The van der Waals surface area contributed by atoms with Crippen LogP contribution in [0.4, 0.5) is 0 Å². The lowest BCUT2D eigenvalue weighted by atomic mass is 9.92. The highest BCUT2D eigenvalue weighted by Crippen LogP contribution is 2.18. The Morgan fingerprint density at radius 2 is 1.87 bits per heavy atom. The predicted molar refractivity (Wildman–Crippen MR) is 67.2 cm³/mol. The van der Waals surface area contributed by atoms with E-state index in [2.05, 4.69) is 31.0 Å². The van der Waals surface area contributed by atoms with Gasteiger partial charge in [-0.3, -0.25) is 0 Å². The molecule has 0 aliphatic carbocycles. The molecular formula is C13H28N2. The summed E-state index contributed by atoms with van der Waals surface area (Å²) in [5.41, 5.74) is 0. The molecule has 2 nitrogen and oxygen atoms in total. The quantitative estimate of drug-likeness (QED) is 0.727. The van der Waals surface area contributed by atoms with Crippen molar-refractivity contribution in [3.05, 3.63) is 0 Å². The number of rotatable bonds is 6. The second kappa shape index (κ2) is 7.24. The molecule has 1 saturated heterocycles. The van der Waals surface area contributed by atoms with Gasteiger partial charge in [0.05, 0.1) is 0 Å². The normalized spacial score (nSPS) is 20.8. The molecular weight excluding hydrogens is 184 g/mol. The summed E-state index contributed by atoms with van der Waals surface area (Å²) in [4.78, 5) is 2.64. The fraction of sp³-hybridized carbons (Fsp3) is 1.00. The van der Waals surface area contributed by atoms with Gasteiger partial charge in [-0.05, 0) is 24.7 Å². The first kappa shape index (κ1) is 13.0. The van der Waals surface area contributed by atoms with Gasteiger partial charge < -0.3 is 10.2 Å². The van der Waals surface area contributed by atoms with Crippen molar-refractivity contribution in [3.8, 4) is 0 Å². The molecule has 1 rings (SSSR count). The molecule has 1 N–H and O–H groups in total. The Bertz CT molecular complexity index is 151. The summed E-state index contributed by atoms with van der Waals surface area (Å²) >= 11 is 0. The van der Waals surface area contributed by atoms with Gasteiger partial charge in [-0.25, -0.2) is 0 Å². The number of piperazine rings is 1. The Kier molecular flexibility index (Phi) is 6.26. The van der Waals surface area contributed by atoms with E-state index >= 15 is 0 Å². The lowest BCUT2D eigenvalue weighted by Gasteiger charge is -2.31. The van der Waals surface area contributed by atoms with Gasteiger partial charge in [0.25, 0.3) is 0 Å². The lowest BCUT2D eigenvalue weighted by molar-refractivity contribution is 0.187. The molecule has 90 valence electrons. The third-order valence-electron chi connectivity index (χ3n) is 3.23. The number of nitrogens with zero attached hydrogens (tertiary/aromatic N) is 1. The second-order valence-corrected chi connectivity index (χ2v) is 5.33. The molecule has 0 radical (unpaired) electrons. The summed E-state index contributed by atoms with van der Waals surface area (Å²) in [5, 5.41) is 3.42. The summed E-state index contributed by atoms with van der Waals surface area (Å²) in [7, 11) is 0. The molecule has 0 bridgehead atoms. The molecule has 15 heavy (non-hydrogen) atoms. The molecule has 0 amide bonds. The summed E-state index contributed by atoms with van der Waals surface area (Å²) in [6.07, 6.45) is 4.14. The number of nitrogens with one attached hydrogen (secondary N) is 1. The Morgan fingerprint density at radius 1 is 1.20 bits per heavy atom. The first-order valence-electron chi connectivity index (χ1n) is 6.65. The van der Waals surface area contributed by atoms with Crippen LogP contribution in [-0.4, -0.2) is 37.6 Å². The maximum absolute atomic E-state index is 3.42. The molecule has 0 spiro atoms. The molecule has 0 aromatic rings. The SMILES string of the molecule is CCCC(CC(C)C)CN1CCNCC1. The summed E-state index contributed by atoms with van der Waals surface area (Å²) < 4.78 is 0. The van der Waals surface area contributed by atoms with E-state index in [1.165, 1.54) is 52.0 Å². The van der Waals surface area contributed by atoms with Gasteiger partial charge in [0.2, 0.25) is 0 Å². The Hall–Kier alpha value is -0.0800. The third kappa shape index (κ3) is 5.53. The predicted octanol–water partition coefficient (Wildman–Crippen LogP) is 2.35. The fourth-order valence-electron chi connectivity index (χ4n) is 2.62. The Morgan fingerprint density at radius 3 is 2.40 bits per heavy atom. The highest BCUT2D eigenvalue weighted by Gasteiger charge is 2.16. The van der Waals surface area contributed by atoms with Crippen LogP contribution in [0, 0.1) is 11.8 Å². The van der Waals surface area contributed by atoms with E-state index in [9.17, 15) is 0 Å². The van der Waals surface area contributed by atoms with Crippen LogP contribution in [0.3, 0.4) is 0 Å². The Balaban J connectivity index is 2.28. The minimum atomic E-state index is 0.851. The van der Waals surface area contributed by atoms with Crippen LogP contribution < -0.4 is 5.32 Å². The fourth-order valence-corrected chi connectivity index (χ4v) is 2.62. The lowest BCUT2D eigenvalue weighted by Crippen LogP contribution is -2.45. The molecule has 1 heterocycles. The summed E-state index contributed by atoms with van der Waals surface area (Å²) in [6, 6.07) is 0. The smallest absolute Gasteiger partial charge is 0.0107 e. The van der Waals surface area contributed by atoms with E-state index in [1.807, 2.05) is 0 Å². The minimum Gasteiger partial charge on any atom is -0.314 e. The van der Waals surface area contributed by atoms with Gasteiger partial charge in [-0.2, -0.15) is 0 Å². The van der Waals surface area contributed by atoms with Crippen LogP contribution in [-0.2, 0) is 0 Å². The van der Waals surface area contributed by atoms with Crippen LogP contribution >= 0.6 is 0 Å². The van der Waals surface area contributed by atoms with E-state index in [-0.39, 0.29) is 0 Å². The van der Waals surface area contributed by atoms with Gasteiger partial charge in [-0.15, -0.1) is 0 Å². The highest BCUT2D eigenvalue weighted by molar-refractivity contribution is 4.72. The largest absolute Gasteiger partial charge is 0.314 e. The highest BCUT2D eigenvalue weighted by atomic mass is 15.2. The zero-order valence-electron chi connectivity index (χ0n) is 10.8. The van der Waals surface area contributed by atoms with Gasteiger partial charge in [0, 0.05) is 32.7 Å². The van der Waals surface area contributed by atoms with Gasteiger partial charge in [0.1, 0.15) is 0 Å². The molecule has 1 aliphatic rings. The van der Waals surface area contributed by atoms with E-state index in [4.69, 9.17) is 0 Å². The van der Waals surface area contributed by atoms with Crippen molar-refractivity contribution in [2.24, 2.45) is 11.8 Å². The zero-order valence-corrected chi connectivity index (χ0v) is 10.8. The van der Waals surface area contributed by atoms with Crippen molar-refractivity contribution in [3.63, 3.8) is 0 Å². The van der Waals surface area contributed by atoms with Crippen molar-refractivity contribution >= 4 is 0 Å². The van der Waals surface area contributed by atoms with Crippen LogP contribution in [0.1, 0.15) is 40.0 Å². The van der Waals surface area contributed by atoms with E-state index < -0.39 is 0 Å². The van der Waals surface area contributed by atoms with E-state index in [1.54, 1.807) is 0 Å². The van der Waals surface area contributed by atoms with Crippen LogP contribution in [0.2, 0.25) is 0 Å². The monoisotopic (exact) mass is 212 g/mol. The number of hydrogen-bond donors (Lipinski definition) is 1. The first-order valence-corrected chi connectivity index (χ1v) is 6.65. The topological polar surface area (TPSA) is 15.3 Å². The average Bonchev–Trinajstić information content (AvgIpc) is 2.18. The first-order chi connectivity index (χ1) is 7.22. The Labute approximate surface area is 95.4 Å². The zero-order chi connectivity index (χ0) is 11.1. The maximum Gasteiger partial charge on any atom is 0.0107 e. The van der Waals surface area contributed by atoms with Crippen molar-refractivity contribution in [2.45, 2.75) is 40.0 Å². The van der Waals surface area contributed by atoms with Crippen molar-refractivity contribution in [2.75, 3.05) is 32.7 Å². The molecule has 1 aliphatic heterocycles. The molecule has 1 unspecified atom stereocenters. The van der Waals surface area contributed by atoms with Gasteiger partial charge >= 0.3 is 0 Å². The van der Waals surface area contributed by atoms with Crippen LogP contribution in [0.5, 0.6) is 0 Å². The van der Waals surface area contributed by atoms with E-state index in [0.29, 0.717) is 0 Å². The third-order valence-corrected chi connectivity index (χ3v) is 3.23. The second-order valence-electron chi connectivity index (χ2n) is 5.33. The molecule has 2 heteroatoms. The molecule has 0 aromatic carbocycles. The molecule has 1 fully saturated rings. The van der Waals surface area contributed by atoms with E-state index in [0.717, 1.165) is 11.8 Å². The van der Waals surface area contributed by atoms with Crippen LogP contribution in [0.15, 0.2) is 0 Å². The number of hydrogen-bond acceptors (Lipinski definition) is 2. The van der Waals surface area contributed by atoms with Crippen molar-refractivity contribution < 1.29 is 0 Å². The summed E-state index contributed by atoms with van der Waals surface area (Å²) in [5.74, 6) is 1.78. The molecule has 0 saturated carbocycles. The summed E-state index contributed by atoms with van der Waals surface area (Å²) in [6.45, 7) is 13.2. The van der Waals surface area contributed by atoms with Gasteiger partial charge in [0.15, 0.2) is 0 Å². The average molecular weight is 212 g/mol. The molecule has 1 atom stereocenters. The van der Waals surface area contributed by atoms with Crippen molar-refractivity contribution in [1.29, 1.82) is 0 Å². The van der Waals surface area contributed by atoms with Gasteiger partial charge in [-0.1, -0.05) is 27.2 Å². The van der Waals surface area contributed by atoms with Crippen molar-refractivity contribution in [1.82, 2.24) is 10.2 Å². The standard InChI is InChI=1S/C13H28N2/c1-4-5-13(10-12(2)3)11-15-8-6-14-7-9-15/h12-14H,4-11H2,1-3H3. The van der Waals surface area contributed by atoms with Crippen LogP contribution in [0.25, 0.3) is 0 Å². The maximum atomic E-state index is 3.42. The minimum absolute atomic E-state index is 0.851.